The molecule has 6 heteroatoms. The molecule has 19 heavy (non-hydrogen) atoms. The van der Waals surface area contributed by atoms with Gasteiger partial charge in [-0.1, -0.05) is 6.92 Å². The molecule has 0 unspecified atom stereocenters. The summed E-state index contributed by atoms with van der Waals surface area (Å²) in [6.45, 7) is 3.48. The molecule has 0 fully saturated rings. The Balaban J connectivity index is 2.19. The lowest BCUT2D eigenvalue weighted by Crippen LogP contribution is -2.23. The molecule has 1 N–H and O–H groups in total. The molecule has 0 aromatic carbocycles. The van der Waals surface area contributed by atoms with Crippen molar-refractivity contribution < 1.29 is 0 Å². The zero-order chi connectivity index (χ0) is 13.7. The molecule has 0 saturated carbocycles. The molecule has 2 heterocycles. The fourth-order valence-corrected chi connectivity index (χ4v) is 2.13. The number of nitrogens with zero attached hydrogens (tertiary/aromatic N) is 3. The van der Waals surface area contributed by atoms with E-state index in [1.807, 2.05) is 34.7 Å². The third kappa shape index (κ3) is 3.76. The van der Waals surface area contributed by atoms with Gasteiger partial charge in [-0.25, -0.2) is 4.98 Å². The van der Waals surface area contributed by atoms with Crippen molar-refractivity contribution in [2.75, 3.05) is 11.9 Å². The Morgan fingerprint density at radius 1 is 1.47 bits per heavy atom. The van der Waals surface area contributed by atoms with E-state index in [-0.39, 0.29) is 5.56 Å². The summed E-state index contributed by atoms with van der Waals surface area (Å²) in [6.07, 6.45) is 5.92. The zero-order valence-corrected chi connectivity index (χ0v) is 12.8. The first-order valence-electron chi connectivity index (χ1n) is 6.09. The average Bonchev–Trinajstić information content (AvgIpc) is 2.42. The average molecular weight is 370 g/mol. The van der Waals surface area contributed by atoms with Crippen LogP contribution in [0.5, 0.6) is 0 Å². The van der Waals surface area contributed by atoms with Gasteiger partial charge in [0.1, 0.15) is 0 Å². The van der Waals surface area contributed by atoms with E-state index in [0.717, 1.165) is 24.3 Å². The molecule has 0 amide bonds. The van der Waals surface area contributed by atoms with E-state index >= 15 is 0 Å². The van der Waals surface area contributed by atoms with Gasteiger partial charge in [-0.2, -0.15) is 0 Å². The van der Waals surface area contributed by atoms with E-state index in [1.165, 1.54) is 6.33 Å². The second-order valence-electron chi connectivity index (χ2n) is 4.14. The van der Waals surface area contributed by atoms with Crippen molar-refractivity contribution >= 4 is 28.3 Å². The minimum Gasteiger partial charge on any atom is -0.385 e. The number of pyridine rings is 1. The van der Waals surface area contributed by atoms with Crippen LogP contribution in [-0.2, 0) is 6.54 Å². The SMILES string of the molecule is CCCNc1ccnc(Cn2cncc(I)c2=O)c1. The summed E-state index contributed by atoms with van der Waals surface area (Å²) < 4.78 is 2.17. The highest BCUT2D eigenvalue weighted by atomic mass is 127. The van der Waals surface area contributed by atoms with Crippen molar-refractivity contribution in [3.63, 3.8) is 0 Å². The Morgan fingerprint density at radius 3 is 3.11 bits per heavy atom. The molecule has 0 aliphatic heterocycles. The third-order valence-electron chi connectivity index (χ3n) is 2.59. The van der Waals surface area contributed by atoms with Crippen LogP contribution in [0.4, 0.5) is 5.69 Å². The van der Waals surface area contributed by atoms with Crippen molar-refractivity contribution in [2.45, 2.75) is 19.9 Å². The molecule has 0 aliphatic rings. The maximum atomic E-state index is 11.9. The van der Waals surface area contributed by atoms with E-state index in [1.54, 1.807) is 17.0 Å². The highest BCUT2D eigenvalue weighted by Gasteiger charge is 2.03. The number of hydrogen-bond donors (Lipinski definition) is 1. The minimum atomic E-state index is -0.0377. The molecule has 0 aliphatic carbocycles. The monoisotopic (exact) mass is 370 g/mol. The highest BCUT2D eigenvalue weighted by Crippen LogP contribution is 2.08. The molecule has 2 aromatic heterocycles. The number of halogens is 1. The molecule has 100 valence electrons. The van der Waals surface area contributed by atoms with Crippen molar-refractivity contribution in [1.29, 1.82) is 0 Å². The summed E-state index contributed by atoms with van der Waals surface area (Å²) in [7, 11) is 0. The van der Waals surface area contributed by atoms with Crippen LogP contribution in [0.2, 0.25) is 0 Å². The van der Waals surface area contributed by atoms with Gasteiger partial charge in [-0.05, 0) is 41.1 Å². The minimum absolute atomic E-state index is 0.0377. The van der Waals surface area contributed by atoms with E-state index in [2.05, 4.69) is 22.2 Å². The molecule has 2 aromatic rings. The van der Waals surface area contributed by atoms with E-state index < -0.39 is 0 Å². The van der Waals surface area contributed by atoms with Crippen LogP contribution >= 0.6 is 22.6 Å². The number of aromatic nitrogens is 3. The predicted octanol–water partition coefficient (Wildman–Crippen LogP) is 2.11. The molecule has 0 atom stereocenters. The van der Waals surface area contributed by atoms with E-state index in [0.29, 0.717) is 10.1 Å². The van der Waals surface area contributed by atoms with Crippen LogP contribution < -0.4 is 10.9 Å². The summed E-state index contributed by atoms with van der Waals surface area (Å²) in [5.74, 6) is 0. The summed E-state index contributed by atoms with van der Waals surface area (Å²) in [6, 6.07) is 3.89. The third-order valence-corrected chi connectivity index (χ3v) is 3.33. The lowest BCUT2D eigenvalue weighted by molar-refractivity contribution is 0.713. The Labute approximate surface area is 125 Å². The Kier molecular flexibility index (Phi) is 4.89. The Morgan fingerprint density at radius 2 is 2.32 bits per heavy atom. The second kappa shape index (κ2) is 6.65. The molecular formula is C13H15IN4O. The molecule has 0 radical (unpaired) electrons. The highest BCUT2D eigenvalue weighted by molar-refractivity contribution is 14.1. The second-order valence-corrected chi connectivity index (χ2v) is 5.30. The first-order valence-corrected chi connectivity index (χ1v) is 7.17. The van der Waals surface area contributed by atoms with Crippen molar-refractivity contribution in [2.24, 2.45) is 0 Å². The summed E-state index contributed by atoms with van der Waals surface area (Å²) in [5.41, 5.74) is 1.83. The molecule has 5 nitrogen and oxygen atoms in total. The van der Waals surface area contributed by atoms with Gasteiger partial charge in [0.15, 0.2) is 0 Å². The van der Waals surface area contributed by atoms with Crippen molar-refractivity contribution in [3.8, 4) is 0 Å². The predicted molar refractivity (Wildman–Crippen MR) is 83.3 cm³/mol. The number of rotatable bonds is 5. The lowest BCUT2D eigenvalue weighted by atomic mass is 10.3. The van der Waals surface area contributed by atoms with Gasteiger partial charge in [0, 0.05) is 24.6 Å². The lowest BCUT2D eigenvalue weighted by Gasteiger charge is -2.08. The van der Waals surface area contributed by atoms with Gasteiger partial charge in [0.05, 0.1) is 22.1 Å². The fourth-order valence-electron chi connectivity index (χ4n) is 1.66. The van der Waals surface area contributed by atoms with Crippen LogP contribution in [0.15, 0.2) is 35.6 Å². The van der Waals surface area contributed by atoms with E-state index in [4.69, 9.17) is 0 Å². The van der Waals surface area contributed by atoms with Gasteiger partial charge in [-0.3, -0.25) is 14.3 Å². The van der Waals surface area contributed by atoms with Crippen LogP contribution in [0.25, 0.3) is 0 Å². The molecule has 0 bridgehead atoms. The standard InChI is InChI=1S/C13H15IN4O/c1-2-4-16-10-3-5-17-11(6-10)8-18-9-15-7-12(14)13(18)19/h3,5-7,9H,2,4,8H2,1H3,(H,16,17). The molecule has 0 saturated heterocycles. The van der Waals surface area contributed by atoms with Gasteiger partial charge < -0.3 is 5.32 Å². The van der Waals surface area contributed by atoms with E-state index in [9.17, 15) is 4.79 Å². The zero-order valence-electron chi connectivity index (χ0n) is 10.6. The fraction of sp³-hybridized carbons (Fsp3) is 0.308. The first-order chi connectivity index (χ1) is 9.20. The topological polar surface area (TPSA) is 59.8 Å². The molecule has 0 spiro atoms. The van der Waals surface area contributed by atoms with Gasteiger partial charge in [-0.15, -0.1) is 0 Å². The normalized spacial score (nSPS) is 10.4. The molecule has 2 rings (SSSR count). The van der Waals surface area contributed by atoms with Crippen LogP contribution in [0, 0.1) is 3.57 Å². The largest absolute Gasteiger partial charge is 0.385 e. The van der Waals surface area contributed by atoms with Gasteiger partial charge >= 0.3 is 0 Å². The number of nitrogens with one attached hydrogen (secondary N) is 1. The smallest absolute Gasteiger partial charge is 0.267 e. The first kappa shape index (κ1) is 14.0. The summed E-state index contributed by atoms with van der Waals surface area (Å²) in [4.78, 5) is 20.2. The van der Waals surface area contributed by atoms with Gasteiger partial charge in [0.2, 0.25) is 0 Å². The Bertz CT molecular complexity index is 612. The van der Waals surface area contributed by atoms with Crippen molar-refractivity contribution in [3.05, 3.63) is 50.5 Å². The summed E-state index contributed by atoms with van der Waals surface area (Å²) in [5, 5.41) is 3.30. The van der Waals surface area contributed by atoms with Gasteiger partial charge in [0.25, 0.3) is 5.56 Å². The van der Waals surface area contributed by atoms with Crippen LogP contribution in [0.1, 0.15) is 19.0 Å². The Hall–Kier alpha value is -1.44. The number of anilines is 1. The van der Waals surface area contributed by atoms with Crippen LogP contribution in [-0.4, -0.2) is 21.1 Å². The summed E-state index contributed by atoms with van der Waals surface area (Å²) >= 11 is 1.99. The maximum Gasteiger partial charge on any atom is 0.267 e. The van der Waals surface area contributed by atoms with Crippen molar-refractivity contribution in [1.82, 2.24) is 14.5 Å². The maximum absolute atomic E-state index is 11.9. The van der Waals surface area contributed by atoms with Crippen LogP contribution in [0.3, 0.4) is 0 Å². The number of hydrogen-bond acceptors (Lipinski definition) is 4. The molecular weight excluding hydrogens is 355 g/mol. The quantitative estimate of drug-likeness (QED) is 0.820.